The monoisotopic (exact) mass is 334 g/mol. The van der Waals surface area contributed by atoms with Gasteiger partial charge in [-0.05, 0) is 80.5 Å². The van der Waals surface area contributed by atoms with Crippen molar-refractivity contribution in [1.82, 2.24) is 0 Å². The van der Waals surface area contributed by atoms with Gasteiger partial charge in [0.1, 0.15) is 0 Å². The first-order chi connectivity index (χ1) is 11.5. The zero-order chi connectivity index (χ0) is 16.6. The first-order valence-electron chi connectivity index (χ1n) is 10.4. The van der Waals surface area contributed by atoms with Crippen LogP contribution in [-0.2, 0) is 9.47 Å². The molecule has 1 aliphatic heterocycles. The molecule has 4 saturated carbocycles. The lowest BCUT2D eigenvalue weighted by molar-refractivity contribution is -0.247. The van der Waals surface area contributed by atoms with Crippen molar-refractivity contribution < 1.29 is 14.6 Å². The minimum absolute atomic E-state index is 0.0384. The Balaban J connectivity index is 1.45. The molecule has 24 heavy (non-hydrogen) atoms. The fourth-order valence-electron chi connectivity index (χ4n) is 8.12. The Labute approximate surface area is 146 Å². The molecule has 0 amide bonds. The van der Waals surface area contributed by atoms with Crippen molar-refractivity contribution in [2.75, 3.05) is 13.2 Å². The molecular weight excluding hydrogens is 300 g/mol. The van der Waals surface area contributed by atoms with Crippen LogP contribution in [0.4, 0.5) is 0 Å². The van der Waals surface area contributed by atoms with Crippen LogP contribution in [0, 0.1) is 34.5 Å². The number of rotatable bonds is 0. The number of fused-ring (bicyclic) bond motifs is 6. The summed E-state index contributed by atoms with van der Waals surface area (Å²) in [5.74, 6) is 2.98. The molecule has 1 spiro atoms. The quantitative estimate of drug-likeness (QED) is 0.724. The maximum Gasteiger partial charge on any atom is 0.174 e. The number of aliphatic hydroxyl groups excluding tert-OH is 1. The van der Waals surface area contributed by atoms with E-state index < -0.39 is 0 Å². The van der Waals surface area contributed by atoms with Crippen LogP contribution in [0.2, 0.25) is 0 Å². The lowest BCUT2D eigenvalue weighted by Gasteiger charge is -2.61. The first kappa shape index (κ1) is 16.1. The number of ether oxygens (including phenoxy) is 2. The van der Waals surface area contributed by atoms with Gasteiger partial charge < -0.3 is 14.6 Å². The smallest absolute Gasteiger partial charge is 0.174 e. The van der Waals surface area contributed by atoms with Crippen LogP contribution in [0.15, 0.2) is 0 Å². The maximum atomic E-state index is 10.2. The Bertz CT molecular complexity index is 513. The van der Waals surface area contributed by atoms with Crippen molar-refractivity contribution in [2.24, 2.45) is 34.5 Å². The van der Waals surface area contributed by atoms with Crippen molar-refractivity contribution in [1.29, 1.82) is 0 Å². The van der Waals surface area contributed by atoms with Gasteiger partial charge in [-0.15, -0.1) is 0 Å². The van der Waals surface area contributed by atoms with Gasteiger partial charge in [0.05, 0.1) is 19.3 Å². The van der Waals surface area contributed by atoms with E-state index in [0.717, 1.165) is 56.1 Å². The van der Waals surface area contributed by atoms with Crippen LogP contribution < -0.4 is 0 Å². The van der Waals surface area contributed by atoms with E-state index in [4.69, 9.17) is 9.47 Å². The fourth-order valence-corrected chi connectivity index (χ4v) is 8.12. The third-order valence-corrected chi connectivity index (χ3v) is 9.44. The molecule has 136 valence electrons. The van der Waals surface area contributed by atoms with E-state index >= 15 is 0 Å². The lowest BCUT2D eigenvalue weighted by Crippen LogP contribution is -2.57. The van der Waals surface area contributed by atoms with Gasteiger partial charge in [-0.25, -0.2) is 0 Å². The third kappa shape index (κ3) is 1.90. The van der Waals surface area contributed by atoms with E-state index in [9.17, 15) is 5.11 Å². The summed E-state index contributed by atoms with van der Waals surface area (Å²) < 4.78 is 12.5. The van der Waals surface area contributed by atoms with Crippen molar-refractivity contribution in [3.8, 4) is 0 Å². The van der Waals surface area contributed by atoms with Crippen molar-refractivity contribution in [2.45, 2.75) is 83.5 Å². The van der Waals surface area contributed by atoms with Crippen molar-refractivity contribution >= 4 is 0 Å². The second-order valence-electron chi connectivity index (χ2n) is 10.0. The molecule has 0 unspecified atom stereocenters. The molecule has 3 heteroatoms. The van der Waals surface area contributed by atoms with E-state index in [-0.39, 0.29) is 17.3 Å². The first-order valence-corrected chi connectivity index (χ1v) is 10.4. The van der Waals surface area contributed by atoms with Gasteiger partial charge in [0.25, 0.3) is 0 Å². The summed E-state index contributed by atoms with van der Waals surface area (Å²) in [6.07, 6.45) is 11.0. The minimum Gasteiger partial charge on any atom is -0.393 e. The summed E-state index contributed by atoms with van der Waals surface area (Å²) in [4.78, 5) is 0. The fraction of sp³-hybridized carbons (Fsp3) is 1.00. The predicted molar refractivity (Wildman–Crippen MR) is 92.4 cm³/mol. The second kappa shape index (κ2) is 5.20. The van der Waals surface area contributed by atoms with Crippen LogP contribution in [-0.4, -0.2) is 30.2 Å². The highest BCUT2D eigenvalue weighted by Gasteiger charge is 2.67. The molecule has 5 fully saturated rings. The van der Waals surface area contributed by atoms with E-state index in [1.807, 2.05) is 0 Å². The van der Waals surface area contributed by atoms with Gasteiger partial charge in [0.15, 0.2) is 5.79 Å². The Morgan fingerprint density at radius 3 is 2.38 bits per heavy atom. The summed E-state index contributed by atoms with van der Waals surface area (Å²) >= 11 is 0. The normalized spacial score (nSPS) is 55.9. The number of aliphatic hydroxyl groups is 1. The van der Waals surface area contributed by atoms with Crippen LogP contribution >= 0.6 is 0 Å². The molecule has 4 aliphatic carbocycles. The molecule has 0 radical (unpaired) electrons. The molecule has 1 N–H and O–H groups in total. The van der Waals surface area contributed by atoms with Gasteiger partial charge in [-0.1, -0.05) is 13.8 Å². The molecule has 0 aromatic rings. The maximum absolute atomic E-state index is 10.2. The molecule has 0 aromatic heterocycles. The van der Waals surface area contributed by atoms with Gasteiger partial charge in [0, 0.05) is 11.8 Å². The highest BCUT2D eigenvalue weighted by molar-refractivity contribution is 5.12. The zero-order valence-electron chi connectivity index (χ0n) is 15.4. The SMILES string of the molecule is C[C@@]12CC[C@@H](O)C[C@H]1CC[C@H]1[C@H]2CC[C@]2(C)[C@@H]1CCC21OCCO1. The van der Waals surface area contributed by atoms with Crippen LogP contribution in [0.1, 0.15) is 71.6 Å². The molecule has 5 rings (SSSR count). The van der Waals surface area contributed by atoms with Crippen LogP contribution in [0.5, 0.6) is 0 Å². The van der Waals surface area contributed by atoms with Gasteiger partial charge in [-0.3, -0.25) is 0 Å². The molecule has 5 aliphatic rings. The Hall–Kier alpha value is -0.120. The third-order valence-electron chi connectivity index (χ3n) is 9.44. The number of hydrogen-bond donors (Lipinski definition) is 1. The summed E-state index contributed by atoms with van der Waals surface area (Å²) in [5, 5.41) is 10.2. The highest BCUT2D eigenvalue weighted by Crippen LogP contribution is 2.69. The topological polar surface area (TPSA) is 38.7 Å². The average Bonchev–Trinajstić information content (AvgIpc) is 3.15. The molecule has 7 atom stereocenters. The molecule has 0 bridgehead atoms. The van der Waals surface area contributed by atoms with Crippen LogP contribution in [0.25, 0.3) is 0 Å². The summed E-state index contributed by atoms with van der Waals surface area (Å²) in [7, 11) is 0. The Morgan fingerprint density at radius 1 is 0.833 bits per heavy atom. The molecule has 1 heterocycles. The standard InChI is InChI=1S/C21H34O3/c1-19-8-5-15(22)13-14(19)3-4-16-17(19)6-9-20(2)18(16)7-10-21(20)23-11-12-24-21/h14-18,22H,3-13H2,1-2H3/t14-,15-,16+,17-,18-,19-,20-/m1/s1. The Morgan fingerprint density at radius 2 is 1.58 bits per heavy atom. The van der Waals surface area contributed by atoms with E-state index in [1.165, 1.54) is 38.5 Å². The molecular formula is C21H34O3. The zero-order valence-corrected chi connectivity index (χ0v) is 15.4. The van der Waals surface area contributed by atoms with Crippen molar-refractivity contribution in [3.63, 3.8) is 0 Å². The van der Waals surface area contributed by atoms with E-state index in [1.54, 1.807) is 0 Å². The predicted octanol–water partition coefficient (Wildman–Crippen LogP) is 4.13. The van der Waals surface area contributed by atoms with Crippen LogP contribution in [0.3, 0.4) is 0 Å². The lowest BCUT2D eigenvalue weighted by atomic mass is 9.45. The van der Waals surface area contributed by atoms with Gasteiger partial charge in [-0.2, -0.15) is 0 Å². The summed E-state index contributed by atoms with van der Waals surface area (Å²) in [6.45, 7) is 6.61. The molecule has 0 aromatic carbocycles. The van der Waals surface area contributed by atoms with E-state index in [0.29, 0.717) is 5.41 Å². The number of hydrogen-bond acceptors (Lipinski definition) is 3. The van der Waals surface area contributed by atoms with E-state index in [2.05, 4.69) is 13.8 Å². The van der Waals surface area contributed by atoms with Gasteiger partial charge in [0.2, 0.25) is 0 Å². The second-order valence-corrected chi connectivity index (χ2v) is 10.0. The average molecular weight is 335 g/mol. The highest BCUT2D eigenvalue weighted by atomic mass is 16.7. The summed E-state index contributed by atoms with van der Waals surface area (Å²) in [6, 6.07) is 0. The van der Waals surface area contributed by atoms with Crippen molar-refractivity contribution in [3.05, 3.63) is 0 Å². The molecule has 3 nitrogen and oxygen atoms in total. The summed E-state index contributed by atoms with van der Waals surface area (Å²) in [5.41, 5.74) is 0.693. The minimum atomic E-state index is -0.261. The Kier molecular flexibility index (Phi) is 3.49. The largest absolute Gasteiger partial charge is 0.393 e. The van der Waals surface area contributed by atoms with Gasteiger partial charge >= 0.3 is 0 Å². The molecule has 1 saturated heterocycles.